The van der Waals surface area contributed by atoms with E-state index in [1.807, 2.05) is 17.0 Å². The van der Waals surface area contributed by atoms with Crippen molar-refractivity contribution in [2.75, 3.05) is 42.8 Å². The van der Waals surface area contributed by atoms with Crippen LogP contribution < -0.4 is 4.31 Å². The Kier molecular flexibility index (Phi) is 6.39. The van der Waals surface area contributed by atoms with Crippen LogP contribution in [0.4, 0.5) is 5.69 Å². The minimum atomic E-state index is -3.18. The lowest BCUT2D eigenvalue weighted by Crippen LogP contribution is -2.47. The third-order valence-corrected chi connectivity index (χ3v) is 8.53. The molecule has 2 aliphatic heterocycles. The molecule has 0 aromatic heterocycles. The Morgan fingerprint density at radius 3 is 2.32 bits per heavy atom. The van der Waals surface area contributed by atoms with E-state index in [9.17, 15) is 13.2 Å². The Morgan fingerprint density at radius 2 is 1.59 bits per heavy atom. The van der Waals surface area contributed by atoms with Gasteiger partial charge < -0.3 is 4.90 Å². The van der Waals surface area contributed by atoms with E-state index in [4.69, 9.17) is 0 Å². The Balaban J connectivity index is 1.15. The molecule has 176 valence electrons. The van der Waals surface area contributed by atoms with Crippen molar-refractivity contribution < 1.29 is 13.2 Å². The van der Waals surface area contributed by atoms with E-state index in [-0.39, 0.29) is 11.7 Å². The fourth-order valence-corrected chi connectivity index (χ4v) is 6.32. The SMILES string of the molecule is O=C(/C=C/c1ccc(N2CCCS2(=O)=O)cc1)N1CCN(Cc2cccc3ccccc23)CC1. The summed E-state index contributed by atoms with van der Waals surface area (Å²) in [7, 11) is -3.18. The molecule has 0 aliphatic carbocycles. The molecule has 0 saturated carbocycles. The van der Waals surface area contributed by atoms with Crippen molar-refractivity contribution in [1.82, 2.24) is 9.80 Å². The van der Waals surface area contributed by atoms with Gasteiger partial charge in [0.25, 0.3) is 0 Å². The molecule has 34 heavy (non-hydrogen) atoms. The number of carbonyl (C=O) groups excluding carboxylic acids is 1. The topological polar surface area (TPSA) is 60.9 Å². The Labute approximate surface area is 201 Å². The summed E-state index contributed by atoms with van der Waals surface area (Å²) in [6.07, 6.45) is 4.07. The second-order valence-electron chi connectivity index (χ2n) is 8.91. The monoisotopic (exact) mass is 475 g/mol. The first-order valence-electron chi connectivity index (χ1n) is 11.8. The zero-order valence-corrected chi connectivity index (χ0v) is 20.0. The van der Waals surface area contributed by atoms with E-state index in [1.165, 1.54) is 20.6 Å². The lowest BCUT2D eigenvalue weighted by molar-refractivity contribution is -0.127. The maximum Gasteiger partial charge on any atom is 0.246 e. The molecule has 0 bridgehead atoms. The van der Waals surface area contributed by atoms with Gasteiger partial charge in [-0.25, -0.2) is 8.42 Å². The first-order chi connectivity index (χ1) is 16.5. The molecule has 2 fully saturated rings. The van der Waals surface area contributed by atoms with E-state index < -0.39 is 10.0 Å². The van der Waals surface area contributed by atoms with Crippen molar-refractivity contribution >= 4 is 38.5 Å². The molecule has 2 heterocycles. The van der Waals surface area contributed by atoms with Crippen molar-refractivity contribution in [2.45, 2.75) is 13.0 Å². The number of fused-ring (bicyclic) bond motifs is 1. The largest absolute Gasteiger partial charge is 0.337 e. The van der Waals surface area contributed by atoms with Gasteiger partial charge in [-0.3, -0.25) is 14.0 Å². The molecule has 2 aliphatic rings. The first-order valence-corrected chi connectivity index (χ1v) is 13.4. The molecule has 3 aromatic rings. The molecular weight excluding hydrogens is 446 g/mol. The van der Waals surface area contributed by atoms with Gasteiger partial charge in [0.05, 0.1) is 11.4 Å². The Morgan fingerprint density at radius 1 is 0.853 bits per heavy atom. The van der Waals surface area contributed by atoms with Crippen LogP contribution in [-0.4, -0.2) is 62.6 Å². The molecular formula is C27H29N3O3S. The zero-order valence-electron chi connectivity index (χ0n) is 19.1. The average molecular weight is 476 g/mol. The second kappa shape index (κ2) is 9.60. The van der Waals surface area contributed by atoms with E-state index >= 15 is 0 Å². The van der Waals surface area contributed by atoms with Crippen molar-refractivity contribution in [3.63, 3.8) is 0 Å². The molecule has 1 amide bonds. The van der Waals surface area contributed by atoms with Crippen LogP contribution >= 0.6 is 0 Å². The van der Waals surface area contributed by atoms with Gasteiger partial charge in [-0.15, -0.1) is 0 Å². The number of hydrogen-bond acceptors (Lipinski definition) is 4. The summed E-state index contributed by atoms with van der Waals surface area (Å²) in [4.78, 5) is 17.0. The highest BCUT2D eigenvalue weighted by molar-refractivity contribution is 7.93. The minimum Gasteiger partial charge on any atom is -0.337 e. The summed E-state index contributed by atoms with van der Waals surface area (Å²) in [5.41, 5.74) is 2.88. The maximum atomic E-state index is 12.7. The lowest BCUT2D eigenvalue weighted by Gasteiger charge is -2.34. The van der Waals surface area contributed by atoms with Gasteiger partial charge in [-0.05, 0) is 46.5 Å². The number of anilines is 1. The standard InChI is InChI=1S/C27H29N3O3S/c31-27(14-11-22-9-12-25(13-10-22)30-15-4-20-34(30,32)33)29-18-16-28(17-19-29)21-24-7-3-6-23-5-1-2-8-26(23)24/h1-3,5-14H,4,15-21H2/b14-11+. The van der Waals surface area contributed by atoms with Gasteiger partial charge in [-0.2, -0.15) is 0 Å². The highest BCUT2D eigenvalue weighted by atomic mass is 32.2. The number of amides is 1. The number of rotatable bonds is 5. The van der Waals surface area contributed by atoms with Crippen molar-refractivity contribution in [3.05, 3.63) is 83.9 Å². The predicted octanol–water partition coefficient (Wildman–Crippen LogP) is 3.74. The van der Waals surface area contributed by atoms with E-state index in [2.05, 4.69) is 47.4 Å². The van der Waals surface area contributed by atoms with E-state index in [0.717, 1.165) is 25.2 Å². The van der Waals surface area contributed by atoms with Gasteiger partial charge in [0.2, 0.25) is 15.9 Å². The van der Waals surface area contributed by atoms with E-state index in [1.54, 1.807) is 24.3 Å². The number of hydrogen-bond donors (Lipinski definition) is 0. The number of sulfonamides is 1. The summed E-state index contributed by atoms with van der Waals surface area (Å²) in [5.74, 6) is 0.217. The fraction of sp³-hybridized carbons (Fsp3) is 0.296. The molecule has 0 spiro atoms. The number of benzene rings is 3. The quantitative estimate of drug-likeness (QED) is 0.528. The van der Waals surface area contributed by atoms with E-state index in [0.29, 0.717) is 31.7 Å². The molecule has 7 heteroatoms. The molecule has 6 nitrogen and oxygen atoms in total. The lowest BCUT2D eigenvalue weighted by atomic mass is 10.0. The molecule has 0 atom stereocenters. The Hall–Kier alpha value is -3.16. The van der Waals surface area contributed by atoms with Crippen LogP contribution in [0.25, 0.3) is 16.8 Å². The fourth-order valence-electron chi connectivity index (χ4n) is 4.75. The summed E-state index contributed by atoms with van der Waals surface area (Å²) in [6.45, 7) is 4.53. The number of carbonyl (C=O) groups is 1. The average Bonchev–Trinajstić information content (AvgIpc) is 3.22. The minimum absolute atomic E-state index is 0.0102. The second-order valence-corrected chi connectivity index (χ2v) is 10.9. The normalized spacial score (nSPS) is 18.7. The smallest absolute Gasteiger partial charge is 0.246 e. The van der Waals surface area contributed by atoms with Gasteiger partial charge in [0.1, 0.15) is 0 Å². The summed E-state index contributed by atoms with van der Waals surface area (Å²) < 4.78 is 25.6. The molecule has 0 radical (unpaired) electrons. The van der Waals surface area contributed by atoms with Crippen LogP contribution in [0.5, 0.6) is 0 Å². The molecule has 5 rings (SSSR count). The third-order valence-electron chi connectivity index (χ3n) is 6.66. The summed E-state index contributed by atoms with van der Waals surface area (Å²) in [5, 5.41) is 2.55. The predicted molar refractivity (Wildman–Crippen MR) is 137 cm³/mol. The maximum absolute atomic E-state index is 12.7. The molecule has 3 aromatic carbocycles. The van der Waals surface area contributed by atoms with Crippen LogP contribution in [-0.2, 0) is 21.4 Å². The third kappa shape index (κ3) is 4.86. The van der Waals surface area contributed by atoms with Gasteiger partial charge in [-0.1, -0.05) is 54.6 Å². The Bertz CT molecular complexity index is 1310. The number of nitrogens with zero attached hydrogens (tertiary/aromatic N) is 3. The van der Waals surface area contributed by atoms with Crippen LogP contribution in [0.15, 0.2) is 72.8 Å². The van der Waals surface area contributed by atoms with Crippen LogP contribution in [0, 0.1) is 0 Å². The highest BCUT2D eigenvalue weighted by Crippen LogP contribution is 2.24. The van der Waals surface area contributed by atoms with Crippen LogP contribution in [0.3, 0.4) is 0 Å². The van der Waals surface area contributed by atoms with Crippen molar-refractivity contribution in [3.8, 4) is 0 Å². The van der Waals surface area contributed by atoms with Crippen LogP contribution in [0.2, 0.25) is 0 Å². The summed E-state index contributed by atoms with van der Waals surface area (Å²) >= 11 is 0. The van der Waals surface area contributed by atoms with Crippen molar-refractivity contribution in [2.24, 2.45) is 0 Å². The molecule has 0 N–H and O–H groups in total. The zero-order chi connectivity index (χ0) is 23.5. The summed E-state index contributed by atoms with van der Waals surface area (Å²) in [6, 6.07) is 22.2. The van der Waals surface area contributed by atoms with Gasteiger partial charge in [0.15, 0.2) is 0 Å². The highest BCUT2D eigenvalue weighted by Gasteiger charge is 2.28. The van der Waals surface area contributed by atoms with Gasteiger partial charge >= 0.3 is 0 Å². The molecule has 0 unspecified atom stereocenters. The number of piperazine rings is 1. The first kappa shape index (κ1) is 22.6. The van der Waals surface area contributed by atoms with Gasteiger partial charge in [0, 0.05) is 45.3 Å². The van der Waals surface area contributed by atoms with Crippen LogP contribution in [0.1, 0.15) is 17.5 Å². The molecule has 2 saturated heterocycles. The van der Waals surface area contributed by atoms with Crippen molar-refractivity contribution in [1.29, 1.82) is 0 Å².